The Balaban J connectivity index is 1.71. The first-order chi connectivity index (χ1) is 14.6. The van der Waals surface area contributed by atoms with Gasteiger partial charge in [0.2, 0.25) is 0 Å². The molecule has 1 fully saturated rings. The zero-order valence-electron chi connectivity index (χ0n) is 15.4. The molecule has 10 nitrogen and oxygen atoms in total. The van der Waals surface area contributed by atoms with E-state index in [1.165, 1.54) is 10.9 Å². The maximum absolute atomic E-state index is 13.5. The van der Waals surface area contributed by atoms with Crippen LogP contribution in [0.15, 0.2) is 24.5 Å². The second-order valence-electron chi connectivity index (χ2n) is 6.69. The van der Waals surface area contributed by atoms with Crippen molar-refractivity contribution in [2.45, 2.75) is 30.7 Å². The van der Waals surface area contributed by atoms with Crippen molar-refractivity contribution >= 4 is 17.0 Å². The molecule has 14 heteroatoms. The van der Waals surface area contributed by atoms with Crippen molar-refractivity contribution in [2.75, 3.05) is 12.3 Å². The van der Waals surface area contributed by atoms with Crippen molar-refractivity contribution in [1.82, 2.24) is 19.5 Å². The Kier molecular flexibility index (Phi) is 5.17. The van der Waals surface area contributed by atoms with Gasteiger partial charge in [-0.2, -0.15) is 23.1 Å². The molecule has 0 unspecified atom stereocenters. The van der Waals surface area contributed by atoms with E-state index in [0.717, 1.165) is 6.07 Å². The largest absolute Gasteiger partial charge is 0.424 e. The lowest BCUT2D eigenvalue weighted by Crippen LogP contribution is -2.33. The summed E-state index contributed by atoms with van der Waals surface area (Å²) in [5.41, 5.74) is 4.34. The van der Waals surface area contributed by atoms with E-state index < -0.39 is 60.5 Å². The molecule has 2 aromatic heterocycles. The molecule has 0 amide bonds. The summed E-state index contributed by atoms with van der Waals surface area (Å²) in [7, 11) is 0. The standard InChI is InChI=1S/C17H15F4N5O5/c18-8-2-1-6(3-7(8)17(19,20)21)30-16-24-13(22)10-14(25-16)26(5-23-10)15-12(29)11(28)9(4-27)31-15/h1-3,5,9,11-12,15,27-29H,4H2,(H2,22,24,25)/t9-,11-,12-,15-/m1/s1. The zero-order chi connectivity index (χ0) is 22.5. The first kappa shape index (κ1) is 21.2. The number of aromatic nitrogens is 4. The summed E-state index contributed by atoms with van der Waals surface area (Å²) in [4.78, 5) is 11.9. The van der Waals surface area contributed by atoms with Gasteiger partial charge in [-0.15, -0.1) is 0 Å². The van der Waals surface area contributed by atoms with Gasteiger partial charge in [-0.25, -0.2) is 9.37 Å². The fraction of sp³-hybridized carbons (Fsp3) is 0.353. The zero-order valence-corrected chi connectivity index (χ0v) is 15.4. The van der Waals surface area contributed by atoms with Gasteiger partial charge in [-0.05, 0) is 18.2 Å². The quantitative estimate of drug-likeness (QED) is 0.431. The van der Waals surface area contributed by atoms with E-state index in [-0.39, 0.29) is 17.0 Å². The summed E-state index contributed by atoms with van der Waals surface area (Å²) in [6.07, 6.45) is -8.83. The number of nitrogens with zero attached hydrogens (tertiary/aromatic N) is 4. The highest BCUT2D eigenvalue weighted by atomic mass is 19.4. The van der Waals surface area contributed by atoms with Crippen molar-refractivity contribution in [2.24, 2.45) is 0 Å². The third-order valence-electron chi connectivity index (χ3n) is 4.67. The molecule has 0 radical (unpaired) electrons. The van der Waals surface area contributed by atoms with Crippen molar-refractivity contribution in [1.29, 1.82) is 0 Å². The molecule has 5 N–H and O–H groups in total. The molecule has 0 aliphatic carbocycles. The summed E-state index contributed by atoms with van der Waals surface area (Å²) in [5.74, 6) is -2.06. The van der Waals surface area contributed by atoms with E-state index in [4.69, 9.17) is 15.2 Å². The average Bonchev–Trinajstić information content (AvgIpc) is 3.24. The number of rotatable bonds is 4. The van der Waals surface area contributed by atoms with Gasteiger partial charge in [0, 0.05) is 0 Å². The summed E-state index contributed by atoms with van der Waals surface area (Å²) < 4.78 is 64.1. The van der Waals surface area contributed by atoms with Gasteiger partial charge >= 0.3 is 12.2 Å². The van der Waals surface area contributed by atoms with E-state index in [0.29, 0.717) is 12.1 Å². The van der Waals surface area contributed by atoms with Crippen LogP contribution in [0.3, 0.4) is 0 Å². The predicted molar refractivity (Wildman–Crippen MR) is 94.2 cm³/mol. The molecule has 31 heavy (non-hydrogen) atoms. The Bertz CT molecular complexity index is 1120. The van der Waals surface area contributed by atoms with Crippen LogP contribution in [-0.2, 0) is 10.9 Å². The van der Waals surface area contributed by atoms with Crippen molar-refractivity contribution in [3.8, 4) is 11.8 Å². The Hall–Kier alpha value is -3.07. The summed E-state index contributed by atoms with van der Waals surface area (Å²) >= 11 is 0. The maximum atomic E-state index is 13.5. The number of aliphatic hydroxyl groups is 3. The number of ether oxygens (including phenoxy) is 2. The highest BCUT2D eigenvalue weighted by Crippen LogP contribution is 2.36. The van der Waals surface area contributed by atoms with Gasteiger partial charge < -0.3 is 30.5 Å². The molecule has 0 bridgehead atoms. The van der Waals surface area contributed by atoms with Crippen LogP contribution in [0.25, 0.3) is 11.2 Å². The number of benzene rings is 1. The lowest BCUT2D eigenvalue weighted by atomic mass is 10.1. The number of anilines is 1. The van der Waals surface area contributed by atoms with Gasteiger partial charge in [0.1, 0.15) is 29.9 Å². The van der Waals surface area contributed by atoms with Crippen LogP contribution in [0.5, 0.6) is 11.8 Å². The molecule has 1 aliphatic heterocycles. The molecule has 1 aromatic carbocycles. The summed E-state index contributed by atoms with van der Waals surface area (Å²) in [5, 5.41) is 29.4. The molecule has 166 valence electrons. The van der Waals surface area contributed by atoms with E-state index in [9.17, 15) is 32.9 Å². The van der Waals surface area contributed by atoms with E-state index in [2.05, 4.69) is 15.0 Å². The lowest BCUT2D eigenvalue weighted by molar-refractivity contribution is -0.140. The van der Waals surface area contributed by atoms with Gasteiger partial charge in [-0.1, -0.05) is 0 Å². The molecule has 4 atom stereocenters. The number of halogens is 4. The van der Waals surface area contributed by atoms with Gasteiger partial charge in [0.05, 0.1) is 18.5 Å². The van der Waals surface area contributed by atoms with Gasteiger partial charge in [-0.3, -0.25) is 4.57 Å². The van der Waals surface area contributed by atoms with Crippen LogP contribution in [0.4, 0.5) is 23.4 Å². The summed E-state index contributed by atoms with van der Waals surface area (Å²) in [6, 6.07) is 1.52. The lowest BCUT2D eigenvalue weighted by Gasteiger charge is -2.16. The minimum absolute atomic E-state index is 0.0181. The van der Waals surface area contributed by atoms with Crippen LogP contribution < -0.4 is 10.5 Å². The third-order valence-corrected chi connectivity index (χ3v) is 4.67. The van der Waals surface area contributed by atoms with Gasteiger partial charge in [0.15, 0.2) is 23.2 Å². The van der Waals surface area contributed by atoms with Crippen LogP contribution >= 0.6 is 0 Å². The van der Waals surface area contributed by atoms with Crippen LogP contribution in [0, 0.1) is 5.82 Å². The number of aliphatic hydroxyl groups excluding tert-OH is 3. The topological polar surface area (TPSA) is 149 Å². The normalized spacial score (nSPS) is 24.1. The van der Waals surface area contributed by atoms with E-state index in [1.807, 2.05) is 0 Å². The van der Waals surface area contributed by atoms with Crippen molar-refractivity contribution in [3.63, 3.8) is 0 Å². The highest BCUT2D eigenvalue weighted by molar-refractivity contribution is 5.82. The van der Waals surface area contributed by atoms with Crippen LogP contribution in [-0.4, -0.2) is 59.8 Å². The monoisotopic (exact) mass is 445 g/mol. The molecule has 1 aliphatic rings. The third kappa shape index (κ3) is 3.74. The molecule has 1 saturated heterocycles. The Morgan fingerprint density at radius 2 is 1.94 bits per heavy atom. The number of hydrogen-bond acceptors (Lipinski definition) is 9. The minimum Gasteiger partial charge on any atom is -0.424 e. The molecule has 4 rings (SSSR count). The average molecular weight is 445 g/mol. The Morgan fingerprint density at radius 1 is 1.19 bits per heavy atom. The molecular formula is C17H15F4N5O5. The van der Waals surface area contributed by atoms with Crippen molar-refractivity contribution < 1.29 is 42.4 Å². The Morgan fingerprint density at radius 3 is 2.58 bits per heavy atom. The fourth-order valence-electron chi connectivity index (χ4n) is 3.15. The Labute approximate surface area is 170 Å². The number of alkyl halides is 3. The molecule has 3 aromatic rings. The fourth-order valence-corrected chi connectivity index (χ4v) is 3.15. The summed E-state index contributed by atoms with van der Waals surface area (Å²) in [6.45, 7) is -0.557. The number of fused-ring (bicyclic) bond motifs is 1. The van der Waals surface area contributed by atoms with E-state index >= 15 is 0 Å². The molecule has 0 saturated carbocycles. The highest BCUT2D eigenvalue weighted by Gasteiger charge is 2.44. The predicted octanol–water partition coefficient (Wildman–Crippen LogP) is 0.970. The van der Waals surface area contributed by atoms with Crippen molar-refractivity contribution in [3.05, 3.63) is 35.9 Å². The second kappa shape index (κ2) is 7.56. The first-order valence-electron chi connectivity index (χ1n) is 8.77. The first-order valence-corrected chi connectivity index (χ1v) is 8.77. The number of nitrogen functional groups attached to an aromatic ring is 1. The number of nitrogens with two attached hydrogens (primary N) is 1. The van der Waals surface area contributed by atoms with Gasteiger partial charge in [0.25, 0.3) is 0 Å². The molecular weight excluding hydrogens is 430 g/mol. The van der Waals surface area contributed by atoms with E-state index in [1.54, 1.807) is 0 Å². The van der Waals surface area contributed by atoms with Crippen LogP contribution in [0.2, 0.25) is 0 Å². The number of imidazole rings is 1. The SMILES string of the molecule is Nc1nc(Oc2ccc(F)c(C(F)(F)F)c2)nc2c1ncn2[C@@H]1O[C@H](CO)[C@@H](O)[C@H]1O. The minimum atomic E-state index is -4.94. The second-order valence-corrected chi connectivity index (χ2v) is 6.69. The smallest absolute Gasteiger partial charge is 0.419 e. The maximum Gasteiger partial charge on any atom is 0.419 e. The molecule has 0 spiro atoms. The van der Waals surface area contributed by atoms with Crippen LogP contribution in [0.1, 0.15) is 11.8 Å². The molecule has 3 heterocycles. The number of hydrogen-bond donors (Lipinski definition) is 4.